The molecule has 6 nitrogen and oxygen atoms in total. The fourth-order valence-corrected chi connectivity index (χ4v) is 4.66. The van der Waals surface area contributed by atoms with Gasteiger partial charge in [0.2, 0.25) is 0 Å². The van der Waals surface area contributed by atoms with Gasteiger partial charge in [-0.05, 0) is 6.42 Å². The average molecular weight is 333 g/mol. The van der Waals surface area contributed by atoms with Crippen molar-refractivity contribution in [3.8, 4) is 0 Å². The van der Waals surface area contributed by atoms with Crippen LogP contribution >= 0.6 is 11.3 Å². The van der Waals surface area contributed by atoms with Crippen molar-refractivity contribution in [1.29, 1.82) is 0 Å². The number of rotatable bonds is 7. The summed E-state index contributed by atoms with van der Waals surface area (Å²) in [5.41, 5.74) is 6.01. The highest BCUT2D eigenvalue weighted by Crippen LogP contribution is 2.41. The zero-order chi connectivity index (χ0) is 16.2. The first-order chi connectivity index (χ1) is 9.80. The van der Waals surface area contributed by atoms with Gasteiger partial charge in [-0.25, -0.2) is 8.42 Å². The van der Waals surface area contributed by atoms with Gasteiger partial charge in [0.15, 0.2) is 9.84 Å². The molecule has 0 saturated carbocycles. The van der Waals surface area contributed by atoms with E-state index in [1.807, 2.05) is 11.9 Å². The van der Waals surface area contributed by atoms with Gasteiger partial charge in [0.1, 0.15) is 14.8 Å². The molecule has 0 aliphatic carbocycles. The Bertz CT molecular complexity index is 608. The van der Waals surface area contributed by atoms with Crippen LogP contribution in [0.4, 0.5) is 10.7 Å². The molecule has 0 saturated heterocycles. The standard InChI is InChI=1S/C13H23N3O3S2/c1-5-7-8-16(4)13-11(21(18,19)6-2)9(14)10(20-13)12(17)15-3/h5-8,14H2,1-4H3,(H,15,17). The van der Waals surface area contributed by atoms with Crippen LogP contribution in [0.2, 0.25) is 0 Å². The van der Waals surface area contributed by atoms with Crippen molar-refractivity contribution in [3.63, 3.8) is 0 Å². The second-order valence-electron chi connectivity index (χ2n) is 4.74. The van der Waals surface area contributed by atoms with E-state index in [2.05, 4.69) is 12.2 Å². The Balaban J connectivity index is 3.44. The number of amides is 1. The molecular formula is C13H23N3O3S2. The molecule has 1 aromatic heterocycles. The summed E-state index contributed by atoms with van der Waals surface area (Å²) >= 11 is 1.13. The highest BCUT2D eigenvalue weighted by molar-refractivity contribution is 7.92. The van der Waals surface area contributed by atoms with Gasteiger partial charge in [-0.3, -0.25) is 4.79 Å². The fourth-order valence-electron chi connectivity index (χ4n) is 1.89. The van der Waals surface area contributed by atoms with Crippen molar-refractivity contribution in [2.24, 2.45) is 0 Å². The molecule has 1 rings (SSSR count). The zero-order valence-corrected chi connectivity index (χ0v) is 14.5. The van der Waals surface area contributed by atoms with E-state index in [-0.39, 0.29) is 27.1 Å². The lowest BCUT2D eigenvalue weighted by Crippen LogP contribution is -2.20. The number of nitrogens with zero attached hydrogens (tertiary/aromatic N) is 1. The summed E-state index contributed by atoms with van der Waals surface area (Å²) in [7, 11) is -0.168. The van der Waals surface area contributed by atoms with Crippen molar-refractivity contribution in [2.45, 2.75) is 31.6 Å². The molecule has 21 heavy (non-hydrogen) atoms. The van der Waals surface area contributed by atoms with Crippen LogP contribution < -0.4 is 16.0 Å². The van der Waals surface area contributed by atoms with Crippen molar-refractivity contribution in [3.05, 3.63) is 4.88 Å². The predicted octanol–water partition coefficient (Wildman–Crippen LogP) is 1.72. The summed E-state index contributed by atoms with van der Waals surface area (Å²) in [4.78, 5) is 14.1. The number of unbranched alkanes of at least 4 members (excludes halogenated alkanes) is 1. The average Bonchev–Trinajstić information content (AvgIpc) is 2.82. The number of nitrogens with two attached hydrogens (primary N) is 1. The summed E-state index contributed by atoms with van der Waals surface area (Å²) in [6, 6.07) is 0. The van der Waals surface area contributed by atoms with Crippen molar-refractivity contribution in [2.75, 3.05) is 37.0 Å². The number of nitrogens with one attached hydrogen (secondary N) is 1. The molecule has 0 fully saturated rings. The number of thiophene rings is 1. The van der Waals surface area contributed by atoms with Crippen molar-refractivity contribution < 1.29 is 13.2 Å². The van der Waals surface area contributed by atoms with E-state index in [1.165, 1.54) is 7.05 Å². The molecule has 120 valence electrons. The van der Waals surface area contributed by atoms with E-state index in [1.54, 1.807) is 6.92 Å². The predicted molar refractivity (Wildman–Crippen MR) is 88.0 cm³/mol. The highest BCUT2D eigenvalue weighted by atomic mass is 32.2. The molecule has 0 unspecified atom stereocenters. The highest BCUT2D eigenvalue weighted by Gasteiger charge is 2.29. The molecule has 0 bridgehead atoms. The molecule has 3 N–H and O–H groups in total. The zero-order valence-electron chi connectivity index (χ0n) is 12.9. The smallest absolute Gasteiger partial charge is 0.263 e. The number of carbonyl (C=O) groups excluding carboxylic acids is 1. The Morgan fingerprint density at radius 1 is 1.38 bits per heavy atom. The molecule has 0 aromatic carbocycles. The third kappa shape index (κ3) is 3.68. The first-order valence-electron chi connectivity index (χ1n) is 6.88. The van der Waals surface area contributed by atoms with E-state index in [0.29, 0.717) is 5.00 Å². The van der Waals surface area contributed by atoms with Crippen LogP contribution in [0, 0.1) is 0 Å². The lowest BCUT2D eigenvalue weighted by atomic mass is 10.3. The van der Waals surface area contributed by atoms with Crippen LogP contribution in [0.5, 0.6) is 0 Å². The van der Waals surface area contributed by atoms with Gasteiger partial charge in [0.05, 0.1) is 11.4 Å². The molecule has 0 aliphatic heterocycles. The lowest BCUT2D eigenvalue weighted by Gasteiger charge is -2.18. The van der Waals surface area contributed by atoms with Gasteiger partial charge in [-0.15, -0.1) is 11.3 Å². The van der Waals surface area contributed by atoms with Crippen LogP contribution in [0.1, 0.15) is 36.4 Å². The number of sulfone groups is 1. The topological polar surface area (TPSA) is 92.5 Å². The number of carbonyl (C=O) groups is 1. The van der Waals surface area contributed by atoms with E-state index in [9.17, 15) is 13.2 Å². The lowest BCUT2D eigenvalue weighted by molar-refractivity contribution is 0.0968. The molecule has 8 heteroatoms. The largest absolute Gasteiger partial charge is 0.396 e. The maximum absolute atomic E-state index is 12.3. The number of hydrogen-bond acceptors (Lipinski definition) is 6. The van der Waals surface area contributed by atoms with Gasteiger partial charge in [0.25, 0.3) is 5.91 Å². The van der Waals surface area contributed by atoms with Crippen molar-refractivity contribution in [1.82, 2.24) is 5.32 Å². The number of anilines is 2. The van der Waals surface area contributed by atoms with E-state index >= 15 is 0 Å². The monoisotopic (exact) mass is 333 g/mol. The molecular weight excluding hydrogens is 310 g/mol. The first-order valence-corrected chi connectivity index (χ1v) is 9.35. The summed E-state index contributed by atoms with van der Waals surface area (Å²) in [6.45, 7) is 4.36. The summed E-state index contributed by atoms with van der Waals surface area (Å²) < 4.78 is 24.6. The third-order valence-corrected chi connectivity index (χ3v) is 6.44. The number of nitrogen functional groups attached to an aromatic ring is 1. The van der Waals surface area contributed by atoms with Crippen LogP contribution in [0.15, 0.2) is 4.90 Å². The van der Waals surface area contributed by atoms with Gasteiger partial charge < -0.3 is 16.0 Å². The molecule has 1 amide bonds. The molecule has 0 aliphatic rings. The van der Waals surface area contributed by atoms with Crippen LogP contribution in [0.25, 0.3) is 0 Å². The van der Waals surface area contributed by atoms with Gasteiger partial charge in [-0.1, -0.05) is 20.3 Å². The van der Waals surface area contributed by atoms with Gasteiger partial charge in [0, 0.05) is 20.6 Å². The quantitative estimate of drug-likeness (QED) is 0.792. The SMILES string of the molecule is CCCCN(C)c1sc(C(=O)NC)c(N)c1S(=O)(=O)CC. The van der Waals surface area contributed by atoms with Gasteiger partial charge >= 0.3 is 0 Å². The van der Waals surface area contributed by atoms with E-state index in [4.69, 9.17) is 5.73 Å². The maximum atomic E-state index is 12.3. The second-order valence-corrected chi connectivity index (χ2v) is 7.95. The molecule has 0 atom stereocenters. The Kier molecular flexibility index (Phi) is 6.03. The second kappa shape index (κ2) is 7.13. The maximum Gasteiger partial charge on any atom is 0.263 e. The Morgan fingerprint density at radius 2 is 2.00 bits per heavy atom. The Morgan fingerprint density at radius 3 is 2.48 bits per heavy atom. The van der Waals surface area contributed by atoms with Gasteiger partial charge in [-0.2, -0.15) is 0 Å². The summed E-state index contributed by atoms with van der Waals surface area (Å²) in [6.07, 6.45) is 1.94. The number of hydrogen-bond donors (Lipinski definition) is 2. The molecule has 1 aromatic rings. The Labute approximate surface area is 130 Å². The van der Waals surface area contributed by atoms with Crippen molar-refractivity contribution >= 4 is 37.8 Å². The first kappa shape index (κ1) is 17.8. The molecule has 0 radical (unpaired) electrons. The van der Waals surface area contributed by atoms with Crippen LogP contribution in [0.3, 0.4) is 0 Å². The summed E-state index contributed by atoms with van der Waals surface area (Å²) in [5.74, 6) is -0.407. The third-order valence-electron chi connectivity index (χ3n) is 3.20. The minimum absolute atomic E-state index is 0.0459. The van der Waals surface area contributed by atoms with E-state index < -0.39 is 9.84 Å². The minimum atomic E-state index is -3.49. The summed E-state index contributed by atoms with van der Waals surface area (Å²) in [5, 5.41) is 3.04. The van der Waals surface area contributed by atoms with Crippen LogP contribution in [-0.4, -0.2) is 40.7 Å². The molecule has 0 spiro atoms. The van der Waals surface area contributed by atoms with Crippen LogP contribution in [-0.2, 0) is 9.84 Å². The molecule has 1 heterocycles. The minimum Gasteiger partial charge on any atom is -0.396 e. The Hall–Kier alpha value is -1.28. The normalized spacial score (nSPS) is 11.4. The van der Waals surface area contributed by atoms with E-state index in [0.717, 1.165) is 30.7 Å². The fraction of sp³-hybridized carbons (Fsp3) is 0.615.